The van der Waals surface area contributed by atoms with Crippen molar-refractivity contribution < 1.29 is 5.11 Å². The van der Waals surface area contributed by atoms with Gasteiger partial charge >= 0.3 is 0 Å². The van der Waals surface area contributed by atoms with Crippen molar-refractivity contribution in [2.45, 2.75) is 39.8 Å². The molecule has 1 heterocycles. The standard InChI is InChI=1S/C9H15ClN2O/c1-4-5-8(13)12-7(3)9(10)6(2)11-12/h8,13H,4-5H2,1-3H3. The maximum absolute atomic E-state index is 9.68. The molecule has 74 valence electrons. The molecule has 1 rings (SSSR count). The van der Waals surface area contributed by atoms with Gasteiger partial charge in [0.05, 0.1) is 16.4 Å². The molecule has 0 saturated carbocycles. The van der Waals surface area contributed by atoms with E-state index in [0.717, 1.165) is 17.8 Å². The van der Waals surface area contributed by atoms with Crippen molar-refractivity contribution in [3.05, 3.63) is 16.4 Å². The van der Waals surface area contributed by atoms with E-state index in [1.807, 2.05) is 20.8 Å². The summed E-state index contributed by atoms with van der Waals surface area (Å²) in [6.45, 7) is 5.72. The second-order valence-corrected chi connectivity index (χ2v) is 3.58. The minimum absolute atomic E-state index is 0.545. The molecule has 0 aliphatic heterocycles. The van der Waals surface area contributed by atoms with E-state index >= 15 is 0 Å². The van der Waals surface area contributed by atoms with E-state index in [9.17, 15) is 5.11 Å². The zero-order chi connectivity index (χ0) is 10.0. The molecule has 0 amide bonds. The van der Waals surface area contributed by atoms with E-state index in [0.29, 0.717) is 11.4 Å². The first-order chi connectivity index (χ1) is 6.07. The van der Waals surface area contributed by atoms with E-state index in [1.165, 1.54) is 0 Å². The number of nitrogens with zero attached hydrogens (tertiary/aromatic N) is 2. The van der Waals surface area contributed by atoms with Crippen LogP contribution in [0.4, 0.5) is 0 Å². The Balaban J connectivity index is 2.94. The fourth-order valence-corrected chi connectivity index (χ4v) is 1.44. The van der Waals surface area contributed by atoms with Crippen molar-refractivity contribution in [1.82, 2.24) is 9.78 Å². The van der Waals surface area contributed by atoms with Crippen molar-refractivity contribution in [2.75, 3.05) is 0 Å². The molecule has 0 spiro atoms. The SMILES string of the molecule is CCCC(O)n1nc(C)c(Cl)c1C. The Labute approximate surface area is 83.3 Å². The minimum Gasteiger partial charge on any atom is -0.372 e. The first-order valence-electron chi connectivity index (χ1n) is 4.47. The molecular weight excluding hydrogens is 188 g/mol. The monoisotopic (exact) mass is 202 g/mol. The Kier molecular flexibility index (Phi) is 3.33. The van der Waals surface area contributed by atoms with Crippen LogP contribution in [-0.2, 0) is 0 Å². The summed E-state index contributed by atoms with van der Waals surface area (Å²) in [4.78, 5) is 0. The van der Waals surface area contributed by atoms with Gasteiger partial charge < -0.3 is 5.11 Å². The van der Waals surface area contributed by atoms with Crippen molar-refractivity contribution in [3.63, 3.8) is 0 Å². The third-order valence-electron chi connectivity index (χ3n) is 2.07. The van der Waals surface area contributed by atoms with Crippen LogP contribution in [0.25, 0.3) is 0 Å². The summed E-state index contributed by atoms with van der Waals surface area (Å²) in [5.41, 5.74) is 1.61. The number of aromatic nitrogens is 2. The van der Waals surface area contributed by atoms with Crippen LogP contribution in [0.3, 0.4) is 0 Å². The van der Waals surface area contributed by atoms with Crippen molar-refractivity contribution in [3.8, 4) is 0 Å². The topological polar surface area (TPSA) is 38.0 Å². The highest BCUT2D eigenvalue weighted by molar-refractivity contribution is 6.31. The number of aliphatic hydroxyl groups excluding tert-OH is 1. The molecule has 1 aromatic rings. The number of rotatable bonds is 3. The summed E-state index contributed by atoms with van der Waals surface area (Å²) < 4.78 is 1.58. The molecule has 1 atom stereocenters. The maximum atomic E-state index is 9.68. The fraction of sp³-hybridized carbons (Fsp3) is 0.667. The van der Waals surface area contributed by atoms with Gasteiger partial charge in [-0.25, -0.2) is 4.68 Å². The molecule has 3 nitrogen and oxygen atoms in total. The molecule has 0 aliphatic carbocycles. The van der Waals surface area contributed by atoms with Crippen LogP contribution >= 0.6 is 11.6 Å². The summed E-state index contributed by atoms with van der Waals surface area (Å²) in [6.07, 6.45) is 1.09. The van der Waals surface area contributed by atoms with Gasteiger partial charge in [0.1, 0.15) is 6.23 Å². The van der Waals surface area contributed by atoms with Crippen LogP contribution in [0.5, 0.6) is 0 Å². The number of aryl methyl sites for hydroxylation is 1. The molecule has 0 aliphatic rings. The average molecular weight is 203 g/mol. The van der Waals surface area contributed by atoms with E-state index in [2.05, 4.69) is 5.10 Å². The molecule has 1 N–H and O–H groups in total. The molecule has 0 bridgehead atoms. The van der Waals surface area contributed by atoms with Crippen LogP contribution in [0.2, 0.25) is 5.02 Å². The van der Waals surface area contributed by atoms with Crippen LogP contribution in [-0.4, -0.2) is 14.9 Å². The lowest BCUT2D eigenvalue weighted by Gasteiger charge is -2.11. The Morgan fingerprint density at radius 1 is 1.54 bits per heavy atom. The predicted molar refractivity (Wildman–Crippen MR) is 52.9 cm³/mol. The first-order valence-corrected chi connectivity index (χ1v) is 4.85. The summed E-state index contributed by atoms with van der Waals surface area (Å²) in [5, 5.41) is 14.5. The van der Waals surface area contributed by atoms with Gasteiger partial charge in [0.2, 0.25) is 0 Å². The molecule has 1 unspecified atom stereocenters. The molecular formula is C9H15ClN2O. The molecule has 1 aromatic heterocycles. The molecule has 0 aromatic carbocycles. The highest BCUT2D eigenvalue weighted by Gasteiger charge is 2.14. The van der Waals surface area contributed by atoms with Crippen LogP contribution < -0.4 is 0 Å². The van der Waals surface area contributed by atoms with E-state index < -0.39 is 6.23 Å². The lowest BCUT2D eigenvalue weighted by atomic mass is 10.3. The van der Waals surface area contributed by atoms with Gasteiger partial charge in [0, 0.05) is 0 Å². The summed E-state index contributed by atoms with van der Waals surface area (Å²) in [6, 6.07) is 0. The second kappa shape index (κ2) is 4.11. The summed E-state index contributed by atoms with van der Waals surface area (Å²) >= 11 is 5.95. The summed E-state index contributed by atoms with van der Waals surface area (Å²) in [5.74, 6) is 0. The Bertz CT molecular complexity index is 296. The zero-order valence-corrected chi connectivity index (χ0v) is 8.97. The van der Waals surface area contributed by atoms with Gasteiger partial charge in [-0.15, -0.1) is 0 Å². The summed E-state index contributed by atoms with van der Waals surface area (Å²) in [7, 11) is 0. The Hall–Kier alpha value is -0.540. The van der Waals surface area contributed by atoms with E-state index in [-0.39, 0.29) is 0 Å². The van der Waals surface area contributed by atoms with Crippen LogP contribution in [0, 0.1) is 13.8 Å². The normalized spacial score (nSPS) is 13.3. The van der Waals surface area contributed by atoms with Crippen molar-refractivity contribution in [1.29, 1.82) is 0 Å². The van der Waals surface area contributed by atoms with Gasteiger partial charge in [-0.3, -0.25) is 0 Å². The van der Waals surface area contributed by atoms with Gasteiger partial charge in [0.15, 0.2) is 0 Å². The Morgan fingerprint density at radius 2 is 2.15 bits per heavy atom. The van der Waals surface area contributed by atoms with Gasteiger partial charge in [-0.05, 0) is 20.3 Å². The van der Waals surface area contributed by atoms with Crippen molar-refractivity contribution in [2.24, 2.45) is 0 Å². The number of hydrogen-bond donors (Lipinski definition) is 1. The Morgan fingerprint density at radius 3 is 2.54 bits per heavy atom. The largest absolute Gasteiger partial charge is 0.372 e. The van der Waals surface area contributed by atoms with Gasteiger partial charge in [0.25, 0.3) is 0 Å². The fourth-order valence-electron chi connectivity index (χ4n) is 1.31. The highest BCUT2D eigenvalue weighted by atomic mass is 35.5. The smallest absolute Gasteiger partial charge is 0.147 e. The molecule has 0 radical (unpaired) electrons. The molecule has 13 heavy (non-hydrogen) atoms. The second-order valence-electron chi connectivity index (χ2n) is 3.20. The third kappa shape index (κ3) is 2.03. The number of aliphatic hydroxyl groups is 1. The van der Waals surface area contributed by atoms with Crippen LogP contribution in [0.15, 0.2) is 0 Å². The molecule has 0 saturated heterocycles. The lowest BCUT2D eigenvalue weighted by molar-refractivity contribution is 0.0784. The first kappa shape index (κ1) is 10.5. The van der Waals surface area contributed by atoms with Gasteiger partial charge in [-0.1, -0.05) is 24.9 Å². The quantitative estimate of drug-likeness (QED) is 0.818. The number of halogens is 1. The van der Waals surface area contributed by atoms with Crippen LogP contribution in [0.1, 0.15) is 37.4 Å². The molecule has 0 fully saturated rings. The third-order valence-corrected chi connectivity index (χ3v) is 2.61. The van der Waals surface area contributed by atoms with Gasteiger partial charge in [-0.2, -0.15) is 5.10 Å². The highest BCUT2D eigenvalue weighted by Crippen LogP contribution is 2.22. The van der Waals surface area contributed by atoms with E-state index in [4.69, 9.17) is 11.6 Å². The zero-order valence-electron chi connectivity index (χ0n) is 8.21. The van der Waals surface area contributed by atoms with Crippen molar-refractivity contribution >= 4 is 11.6 Å². The minimum atomic E-state index is -0.545. The maximum Gasteiger partial charge on any atom is 0.147 e. The number of hydrogen-bond acceptors (Lipinski definition) is 2. The average Bonchev–Trinajstić information content (AvgIpc) is 2.33. The predicted octanol–water partition coefficient (Wildman–Crippen LogP) is 2.44. The molecule has 4 heteroatoms. The van der Waals surface area contributed by atoms with E-state index in [1.54, 1.807) is 4.68 Å². The lowest BCUT2D eigenvalue weighted by Crippen LogP contribution is -2.11.